The van der Waals surface area contributed by atoms with Gasteiger partial charge in [0.1, 0.15) is 0 Å². The molecule has 3 heteroatoms. The summed E-state index contributed by atoms with van der Waals surface area (Å²) in [5.74, 6) is 0.146. The number of nitrogens with one attached hydrogen (secondary N) is 1. The Bertz CT molecular complexity index is 287. The molecule has 0 fully saturated rings. The van der Waals surface area contributed by atoms with Crippen LogP contribution in [0.1, 0.15) is 13.8 Å². The van der Waals surface area contributed by atoms with Crippen molar-refractivity contribution in [1.29, 1.82) is 0 Å². The van der Waals surface area contributed by atoms with E-state index >= 15 is 0 Å². The van der Waals surface area contributed by atoms with Gasteiger partial charge in [-0.15, -0.1) is 0 Å². The third kappa shape index (κ3) is 2.28. The first-order valence-electron chi connectivity index (χ1n) is 4.29. The molecule has 1 rings (SSSR count). The van der Waals surface area contributed by atoms with Gasteiger partial charge >= 0.3 is 0 Å². The van der Waals surface area contributed by atoms with Gasteiger partial charge in [-0.2, -0.15) is 0 Å². The Kier molecular flexibility index (Phi) is 3.01. The average molecular weight is 179 g/mol. The van der Waals surface area contributed by atoms with Crippen LogP contribution in [0, 0.1) is 5.92 Å². The smallest absolute Gasteiger partial charge is 0.165 e. The summed E-state index contributed by atoms with van der Waals surface area (Å²) in [5.41, 5.74) is 1.26. The molecule has 3 nitrogen and oxygen atoms in total. The van der Waals surface area contributed by atoms with Crippen LogP contribution in [0.2, 0.25) is 0 Å². The number of hydrogen-bond donors (Lipinski definition) is 1. The Labute approximate surface area is 77.5 Å². The molecule has 0 amide bonds. The predicted octanol–water partition coefficient (Wildman–Crippen LogP) is 0.824. The first-order chi connectivity index (χ1) is 6.15. The lowest BCUT2D eigenvalue weighted by Gasteiger charge is -2.14. The lowest BCUT2D eigenvalue weighted by molar-refractivity contribution is -0.118. The van der Waals surface area contributed by atoms with Crippen molar-refractivity contribution in [2.24, 2.45) is 5.92 Å². The van der Waals surface area contributed by atoms with Crippen LogP contribution in [0.3, 0.4) is 0 Å². The summed E-state index contributed by atoms with van der Waals surface area (Å²) in [6.07, 6.45) is 4.09. The minimum absolute atomic E-state index is 0.0132. The lowest BCUT2D eigenvalue weighted by Crippen LogP contribution is -2.26. The summed E-state index contributed by atoms with van der Waals surface area (Å²) >= 11 is 0. The molecule has 1 N–H and O–H groups in total. The van der Waals surface area contributed by atoms with Crippen molar-refractivity contribution in [1.82, 2.24) is 5.32 Å². The highest BCUT2D eigenvalue weighted by Crippen LogP contribution is 2.09. The van der Waals surface area contributed by atoms with Gasteiger partial charge in [-0.3, -0.25) is 9.59 Å². The number of allylic oxidation sites excluding steroid dienone is 3. The minimum atomic E-state index is 0.0132. The molecular formula is C10H13NO2. The Hall–Kier alpha value is -1.38. The van der Waals surface area contributed by atoms with Crippen LogP contribution in [0.25, 0.3) is 0 Å². The van der Waals surface area contributed by atoms with E-state index in [4.69, 9.17) is 0 Å². The van der Waals surface area contributed by atoms with Crippen LogP contribution >= 0.6 is 0 Å². The van der Waals surface area contributed by atoms with E-state index in [1.54, 1.807) is 12.2 Å². The van der Waals surface area contributed by atoms with Crippen molar-refractivity contribution in [2.45, 2.75) is 13.8 Å². The van der Waals surface area contributed by atoms with Crippen LogP contribution in [0.4, 0.5) is 0 Å². The third-order valence-electron chi connectivity index (χ3n) is 1.91. The fraction of sp³-hybridized carbons (Fsp3) is 0.400. The maximum absolute atomic E-state index is 11.5. The quantitative estimate of drug-likeness (QED) is 0.652. The van der Waals surface area contributed by atoms with Crippen molar-refractivity contribution in [3.63, 3.8) is 0 Å². The monoisotopic (exact) mass is 179 g/mol. The van der Waals surface area contributed by atoms with Crippen LogP contribution in [-0.4, -0.2) is 18.6 Å². The maximum Gasteiger partial charge on any atom is 0.165 e. The van der Waals surface area contributed by atoms with Gasteiger partial charge in [0.2, 0.25) is 0 Å². The second-order valence-corrected chi connectivity index (χ2v) is 3.30. The highest BCUT2D eigenvalue weighted by Gasteiger charge is 2.15. The number of hydrogen-bond acceptors (Lipinski definition) is 3. The minimum Gasteiger partial charge on any atom is -0.378 e. The Morgan fingerprint density at radius 2 is 2.23 bits per heavy atom. The molecule has 0 bridgehead atoms. The van der Waals surface area contributed by atoms with Crippen LogP contribution in [-0.2, 0) is 9.59 Å². The summed E-state index contributed by atoms with van der Waals surface area (Å²) in [6, 6.07) is 0. The molecule has 0 saturated heterocycles. The summed E-state index contributed by atoms with van der Waals surface area (Å²) < 4.78 is 0. The molecule has 13 heavy (non-hydrogen) atoms. The number of Topliss-reactive ketones (excluding diaryl/α,β-unsaturated/α-hetero) is 1. The molecule has 0 saturated carbocycles. The van der Waals surface area contributed by atoms with Gasteiger partial charge in [0.15, 0.2) is 12.1 Å². The maximum atomic E-state index is 11.5. The molecule has 0 spiro atoms. The highest BCUT2D eigenvalue weighted by molar-refractivity contribution is 5.98. The SMILES string of the molecule is CC(C)C(=O)C1=CC=C(C=O)NC1. The van der Waals surface area contributed by atoms with Gasteiger partial charge in [0.05, 0.1) is 5.70 Å². The van der Waals surface area contributed by atoms with Gasteiger partial charge in [-0.05, 0) is 6.08 Å². The second-order valence-electron chi connectivity index (χ2n) is 3.30. The number of ketones is 1. The van der Waals surface area contributed by atoms with E-state index in [0.717, 1.165) is 11.9 Å². The molecule has 0 aromatic rings. The summed E-state index contributed by atoms with van der Waals surface area (Å²) in [6.45, 7) is 4.19. The first kappa shape index (κ1) is 9.71. The van der Waals surface area contributed by atoms with Crippen molar-refractivity contribution < 1.29 is 9.59 Å². The van der Waals surface area contributed by atoms with Crippen molar-refractivity contribution >= 4 is 12.1 Å². The number of carbonyl (C=O) groups excluding carboxylic acids is 2. The Morgan fingerprint density at radius 3 is 2.62 bits per heavy atom. The zero-order chi connectivity index (χ0) is 9.84. The average Bonchev–Trinajstić information content (AvgIpc) is 2.17. The van der Waals surface area contributed by atoms with Gasteiger partial charge in [-0.1, -0.05) is 19.9 Å². The molecular weight excluding hydrogens is 166 g/mol. The van der Waals surface area contributed by atoms with E-state index in [9.17, 15) is 9.59 Å². The zero-order valence-electron chi connectivity index (χ0n) is 7.83. The zero-order valence-corrected chi connectivity index (χ0v) is 7.83. The molecule has 1 aliphatic rings. The van der Waals surface area contributed by atoms with E-state index in [2.05, 4.69) is 5.32 Å². The van der Waals surface area contributed by atoms with Gasteiger partial charge in [0.25, 0.3) is 0 Å². The number of rotatable bonds is 3. The molecule has 1 heterocycles. The fourth-order valence-corrected chi connectivity index (χ4v) is 1.13. The van der Waals surface area contributed by atoms with Crippen molar-refractivity contribution in [2.75, 3.05) is 6.54 Å². The number of aldehydes is 1. The summed E-state index contributed by atoms with van der Waals surface area (Å²) in [7, 11) is 0. The van der Waals surface area contributed by atoms with Crippen LogP contribution < -0.4 is 5.32 Å². The van der Waals surface area contributed by atoms with E-state index in [1.165, 1.54) is 0 Å². The standard InChI is InChI=1S/C10H13NO2/c1-7(2)10(13)8-3-4-9(6-12)11-5-8/h3-4,6-7,11H,5H2,1-2H3. The van der Waals surface area contributed by atoms with E-state index in [0.29, 0.717) is 12.2 Å². The normalized spacial score (nSPS) is 15.9. The number of dihydropyridines is 1. The van der Waals surface area contributed by atoms with E-state index in [-0.39, 0.29) is 11.7 Å². The molecule has 0 aromatic carbocycles. The fourth-order valence-electron chi connectivity index (χ4n) is 1.13. The predicted molar refractivity (Wildman–Crippen MR) is 50.1 cm³/mol. The summed E-state index contributed by atoms with van der Waals surface area (Å²) in [4.78, 5) is 21.8. The molecule has 0 aliphatic carbocycles. The lowest BCUT2D eigenvalue weighted by atomic mass is 9.99. The molecule has 0 radical (unpaired) electrons. The third-order valence-corrected chi connectivity index (χ3v) is 1.91. The summed E-state index contributed by atoms with van der Waals surface area (Å²) in [5, 5.41) is 2.86. The second kappa shape index (κ2) is 4.03. The number of carbonyl (C=O) groups is 2. The van der Waals surface area contributed by atoms with Crippen molar-refractivity contribution in [3.05, 3.63) is 23.4 Å². The molecule has 0 unspecified atom stereocenters. The molecule has 70 valence electrons. The van der Waals surface area contributed by atoms with Crippen LogP contribution in [0.5, 0.6) is 0 Å². The Morgan fingerprint density at radius 1 is 1.54 bits per heavy atom. The van der Waals surface area contributed by atoms with Crippen LogP contribution in [0.15, 0.2) is 23.4 Å². The van der Waals surface area contributed by atoms with Gasteiger partial charge in [-0.25, -0.2) is 0 Å². The van der Waals surface area contributed by atoms with Gasteiger partial charge < -0.3 is 5.32 Å². The van der Waals surface area contributed by atoms with Crippen molar-refractivity contribution in [3.8, 4) is 0 Å². The topological polar surface area (TPSA) is 46.2 Å². The molecule has 0 aromatic heterocycles. The first-order valence-corrected chi connectivity index (χ1v) is 4.29. The molecule has 1 aliphatic heterocycles. The highest BCUT2D eigenvalue weighted by atomic mass is 16.1. The van der Waals surface area contributed by atoms with E-state index in [1.807, 2.05) is 13.8 Å². The van der Waals surface area contributed by atoms with E-state index < -0.39 is 0 Å². The van der Waals surface area contributed by atoms with Gasteiger partial charge in [0, 0.05) is 18.0 Å². The Balaban J connectivity index is 2.75. The molecule has 0 atom stereocenters. The largest absolute Gasteiger partial charge is 0.378 e.